The highest BCUT2D eigenvalue weighted by atomic mass is 19.1. The molecule has 0 N–H and O–H groups in total. The van der Waals surface area contributed by atoms with Crippen molar-refractivity contribution in [2.75, 3.05) is 26.7 Å². The van der Waals surface area contributed by atoms with Gasteiger partial charge in [0.15, 0.2) is 5.82 Å². The second-order valence-electron chi connectivity index (χ2n) is 7.90. The van der Waals surface area contributed by atoms with E-state index in [1.807, 2.05) is 4.90 Å². The second-order valence-corrected chi connectivity index (χ2v) is 7.90. The molecule has 6 nitrogen and oxygen atoms in total. The average molecular weight is 385 g/mol. The summed E-state index contributed by atoms with van der Waals surface area (Å²) < 4.78 is 15.2. The molecule has 1 amide bonds. The Kier molecular flexibility index (Phi) is 5.71. The van der Waals surface area contributed by atoms with Crippen molar-refractivity contribution in [3.8, 4) is 0 Å². The number of hydrogen-bond donors (Lipinski definition) is 0. The zero-order chi connectivity index (χ0) is 19.5. The highest BCUT2D eigenvalue weighted by molar-refractivity contribution is 5.76. The van der Waals surface area contributed by atoms with E-state index < -0.39 is 0 Å². The summed E-state index contributed by atoms with van der Waals surface area (Å²) in [6, 6.07) is 6.58. The van der Waals surface area contributed by atoms with Crippen molar-refractivity contribution in [3.63, 3.8) is 0 Å². The lowest BCUT2D eigenvalue weighted by Crippen LogP contribution is -2.32. The summed E-state index contributed by atoms with van der Waals surface area (Å²) in [7, 11) is 2.13. The van der Waals surface area contributed by atoms with Gasteiger partial charge in [-0.1, -0.05) is 12.1 Å². The van der Waals surface area contributed by atoms with Crippen molar-refractivity contribution in [2.24, 2.45) is 0 Å². The van der Waals surface area contributed by atoms with Crippen LogP contribution in [0.25, 0.3) is 0 Å². The Bertz CT molecular complexity index is 819. The maximum Gasteiger partial charge on any atom is 0.223 e. The summed E-state index contributed by atoms with van der Waals surface area (Å²) in [4.78, 5) is 17.2. The lowest BCUT2D eigenvalue weighted by Gasteiger charge is -2.25. The fourth-order valence-corrected chi connectivity index (χ4v) is 4.27. The van der Waals surface area contributed by atoms with Gasteiger partial charge in [0.25, 0.3) is 0 Å². The number of carbonyl (C=O) groups is 1. The van der Waals surface area contributed by atoms with Crippen molar-refractivity contribution in [1.29, 1.82) is 0 Å². The molecule has 0 spiro atoms. The number of hydrogen-bond acceptors (Lipinski definition) is 4. The topological polar surface area (TPSA) is 54.3 Å². The van der Waals surface area contributed by atoms with Crippen molar-refractivity contribution >= 4 is 5.91 Å². The van der Waals surface area contributed by atoms with Crippen molar-refractivity contribution in [3.05, 3.63) is 47.3 Å². The highest BCUT2D eigenvalue weighted by Crippen LogP contribution is 2.32. The Morgan fingerprint density at radius 3 is 2.79 bits per heavy atom. The van der Waals surface area contributed by atoms with Gasteiger partial charge in [-0.15, -0.1) is 10.2 Å². The monoisotopic (exact) mass is 385 g/mol. The van der Waals surface area contributed by atoms with Crippen molar-refractivity contribution in [1.82, 2.24) is 24.6 Å². The number of aromatic nitrogens is 3. The summed E-state index contributed by atoms with van der Waals surface area (Å²) in [5.41, 5.74) is 1.07. The SMILES string of the molecule is CN1CCc2nnc(C3CCCN3C(=O)CCCc3ccc(F)cc3)n2CC1. The predicted molar refractivity (Wildman–Crippen MR) is 104 cm³/mol. The standard InChI is InChI=1S/C21H28FN5O/c1-25-13-11-19-23-24-21(27(19)15-14-25)18-5-3-12-26(18)20(28)6-2-4-16-7-9-17(22)10-8-16/h7-10,18H,2-6,11-15H2,1H3. The van der Waals surface area contributed by atoms with Gasteiger partial charge in [-0.2, -0.15) is 0 Å². The third kappa shape index (κ3) is 4.09. The molecular formula is C21H28FN5O. The fraction of sp³-hybridized carbons (Fsp3) is 0.571. The molecule has 0 aliphatic carbocycles. The minimum atomic E-state index is -0.224. The van der Waals surface area contributed by atoms with Gasteiger partial charge in [-0.05, 0) is 50.4 Å². The molecule has 7 heteroatoms. The molecule has 1 aromatic heterocycles. The lowest BCUT2D eigenvalue weighted by atomic mass is 10.1. The number of likely N-dealkylation sites (N-methyl/N-ethyl adjacent to an activating group) is 1. The molecule has 4 rings (SSSR count). The smallest absolute Gasteiger partial charge is 0.223 e. The van der Waals surface area contributed by atoms with Crippen LogP contribution in [0.4, 0.5) is 4.39 Å². The normalized spacial score (nSPS) is 20.2. The molecule has 1 atom stereocenters. The van der Waals surface area contributed by atoms with Gasteiger partial charge in [0.2, 0.25) is 5.91 Å². The number of nitrogens with zero attached hydrogens (tertiary/aromatic N) is 5. The minimum absolute atomic E-state index is 0.0444. The van der Waals surface area contributed by atoms with Crippen molar-refractivity contribution < 1.29 is 9.18 Å². The van der Waals surface area contributed by atoms with Crippen LogP contribution in [0.15, 0.2) is 24.3 Å². The first-order valence-corrected chi connectivity index (χ1v) is 10.3. The van der Waals surface area contributed by atoms with E-state index in [0.29, 0.717) is 6.42 Å². The molecule has 2 aliphatic heterocycles. The van der Waals surface area contributed by atoms with Gasteiger partial charge >= 0.3 is 0 Å². The Hall–Kier alpha value is -2.28. The quantitative estimate of drug-likeness (QED) is 0.794. The Morgan fingerprint density at radius 2 is 1.96 bits per heavy atom. The Morgan fingerprint density at radius 1 is 1.14 bits per heavy atom. The van der Waals surface area contributed by atoms with Crippen LogP contribution >= 0.6 is 0 Å². The van der Waals surface area contributed by atoms with Crippen LogP contribution < -0.4 is 0 Å². The predicted octanol–water partition coefficient (Wildman–Crippen LogP) is 2.59. The second kappa shape index (κ2) is 8.39. The number of carbonyl (C=O) groups excluding carboxylic acids is 1. The third-order valence-electron chi connectivity index (χ3n) is 5.92. The molecule has 1 unspecified atom stereocenters. The van der Waals surface area contributed by atoms with Gasteiger partial charge in [-0.3, -0.25) is 4.79 Å². The van der Waals surface area contributed by atoms with Crippen LogP contribution in [-0.4, -0.2) is 57.2 Å². The van der Waals surface area contributed by atoms with E-state index in [2.05, 4.69) is 26.7 Å². The molecule has 28 heavy (non-hydrogen) atoms. The largest absolute Gasteiger partial charge is 0.332 e. The molecular weight excluding hydrogens is 357 g/mol. The molecule has 1 fully saturated rings. The number of halogens is 1. The van der Waals surface area contributed by atoms with Crippen LogP contribution in [-0.2, 0) is 24.2 Å². The van der Waals surface area contributed by atoms with Crippen LogP contribution in [0.3, 0.4) is 0 Å². The minimum Gasteiger partial charge on any atom is -0.332 e. The molecule has 0 radical (unpaired) electrons. The first-order valence-electron chi connectivity index (χ1n) is 10.3. The van der Waals surface area contributed by atoms with Crippen LogP contribution in [0, 0.1) is 5.82 Å². The molecule has 2 aromatic rings. The summed E-state index contributed by atoms with van der Waals surface area (Å²) in [6.07, 6.45) is 4.95. The third-order valence-corrected chi connectivity index (χ3v) is 5.92. The maximum atomic E-state index is 13.0. The molecule has 3 heterocycles. The Balaban J connectivity index is 1.39. The summed E-state index contributed by atoms with van der Waals surface area (Å²) in [5.74, 6) is 1.95. The van der Waals surface area contributed by atoms with E-state index in [1.54, 1.807) is 12.1 Å². The molecule has 2 aliphatic rings. The lowest BCUT2D eigenvalue weighted by molar-refractivity contribution is -0.132. The van der Waals surface area contributed by atoms with E-state index in [9.17, 15) is 9.18 Å². The van der Waals surface area contributed by atoms with Gasteiger partial charge in [-0.25, -0.2) is 4.39 Å². The number of aryl methyl sites for hydroxylation is 1. The first-order chi connectivity index (χ1) is 13.6. The van der Waals surface area contributed by atoms with Gasteiger partial charge in [0, 0.05) is 39.0 Å². The zero-order valence-electron chi connectivity index (χ0n) is 16.5. The van der Waals surface area contributed by atoms with Gasteiger partial charge in [0.1, 0.15) is 11.6 Å². The molecule has 0 saturated carbocycles. The molecule has 0 bridgehead atoms. The van der Waals surface area contributed by atoms with E-state index in [-0.39, 0.29) is 17.8 Å². The number of likely N-dealkylation sites (tertiary alicyclic amines) is 1. The van der Waals surface area contributed by atoms with E-state index in [0.717, 1.165) is 75.5 Å². The number of rotatable bonds is 5. The van der Waals surface area contributed by atoms with Crippen LogP contribution in [0.5, 0.6) is 0 Å². The average Bonchev–Trinajstić information content (AvgIpc) is 3.28. The summed E-state index contributed by atoms with van der Waals surface area (Å²) in [5, 5.41) is 8.90. The van der Waals surface area contributed by atoms with E-state index >= 15 is 0 Å². The van der Waals surface area contributed by atoms with Crippen LogP contribution in [0.1, 0.15) is 48.9 Å². The Labute approximate surface area is 165 Å². The number of amides is 1. The fourth-order valence-electron chi connectivity index (χ4n) is 4.27. The number of fused-ring (bicyclic) bond motifs is 1. The molecule has 150 valence electrons. The molecule has 1 aromatic carbocycles. The highest BCUT2D eigenvalue weighted by Gasteiger charge is 2.34. The van der Waals surface area contributed by atoms with Crippen molar-refractivity contribution in [2.45, 2.75) is 51.1 Å². The maximum absolute atomic E-state index is 13.0. The van der Waals surface area contributed by atoms with Gasteiger partial charge in [0.05, 0.1) is 6.04 Å². The summed E-state index contributed by atoms with van der Waals surface area (Å²) >= 11 is 0. The summed E-state index contributed by atoms with van der Waals surface area (Å²) in [6.45, 7) is 3.66. The van der Waals surface area contributed by atoms with E-state index in [1.165, 1.54) is 12.1 Å². The van der Waals surface area contributed by atoms with E-state index in [4.69, 9.17) is 0 Å². The van der Waals surface area contributed by atoms with Crippen LogP contribution in [0.2, 0.25) is 0 Å². The number of benzene rings is 1. The van der Waals surface area contributed by atoms with Gasteiger partial charge < -0.3 is 14.4 Å². The molecule has 1 saturated heterocycles. The zero-order valence-corrected chi connectivity index (χ0v) is 16.5. The first kappa shape index (κ1) is 19.1.